The molecule has 1 aliphatic carbocycles. The maximum Gasteiger partial charge on any atom is 0.309 e. The maximum atomic E-state index is 10.7. The van der Waals surface area contributed by atoms with Crippen molar-refractivity contribution in [2.45, 2.75) is 23.8 Å². The van der Waals surface area contributed by atoms with Gasteiger partial charge in [-0.05, 0) is 12.8 Å². The molecule has 0 spiro atoms. The van der Waals surface area contributed by atoms with Gasteiger partial charge in [-0.15, -0.1) is 0 Å². The van der Waals surface area contributed by atoms with E-state index in [9.17, 15) is 4.79 Å². The lowest BCUT2D eigenvalue weighted by molar-refractivity contribution is -0.147. The van der Waals surface area contributed by atoms with Crippen LogP contribution in [0.2, 0.25) is 0 Å². The molecule has 0 aromatic rings. The first kappa shape index (κ1) is 5.71. The summed E-state index contributed by atoms with van der Waals surface area (Å²) in [5.41, 5.74) is 0. The van der Waals surface area contributed by atoms with E-state index in [0.717, 1.165) is 12.8 Å². The smallest absolute Gasteiger partial charge is 0.309 e. The van der Waals surface area contributed by atoms with Gasteiger partial charge in [-0.1, -0.05) is 15.9 Å². The number of alkyl halides is 1. The molecular formula is C6H7BrO2. The third-order valence-electron chi connectivity index (χ3n) is 2.03. The molecule has 50 valence electrons. The Morgan fingerprint density at radius 1 is 1.56 bits per heavy atom. The van der Waals surface area contributed by atoms with Crippen molar-refractivity contribution in [1.82, 2.24) is 0 Å². The van der Waals surface area contributed by atoms with E-state index >= 15 is 0 Å². The predicted molar refractivity (Wildman–Crippen MR) is 35.3 cm³/mol. The minimum Gasteiger partial charge on any atom is -0.461 e. The van der Waals surface area contributed by atoms with Crippen LogP contribution in [0.15, 0.2) is 0 Å². The minimum atomic E-state index is 0.00991. The minimum absolute atomic E-state index is 0.00991. The summed E-state index contributed by atoms with van der Waals surface area (Å²) in [4.78, 5) is 11.2. The molecule has 0 radical (unpaired) electrons. The van der Waals surface area contributed by atoms with Crippen molar-refractivity contribution >= 4 is 21.9 Å². The van der Waals surface area contributed by atoms with Crippen molar-refractivity contribution in [3.05, 3.63) is 0 Å². The SMILES string of the molecule is O=C1OC2C[C@H]1C[C@H]2Br. The lowest BCUT2D eigenvalue weighted by atomic mass is 10.1. The second-order valence-electron chi connectivity index (χ2n) is 2.66. The molecule has 0 aromatic heterocycles. The van der Waals surface area contributed by atoms with Gasteiger partial charge < -0.3 is 4.74 Å². The molecule has 0 aromatic carbocycles. The van der Waals surface area contributed by atoms with E-state index in [1.165, 1.54) is 0 Å². The van der Waals surface area contributed by atoms with E-state index in [2.05, 4.69) is 15.9 Å². The highest BCUT2D eigenvalue weighted by atomic mass is 79.9. The van der Waals surface area contributed by atoms with Gasteiger partial charge in [-0.2, -0.15) is 0 Å². The third kappa shape index (κ3) is 0.707. The average Bonchev–Trinajstić information content (AvgIpc) is 2.24. The molecule has 1 heterocycles. The first-order valence-corrected chi connectivity index (χ1v) is 4.03. The molecule has 1 saturated heterocycles. The molecule has 1 saturated carbocycles. The molecular weight excluding hydrogens is 184 g/mol. The monoisotopic (exact) mass is 190 g/mol. The molecule has 2 aliphatic rings. The van der Waals surface area contributed by atoms with Gasteiger partial charge in [0, 0.05) is 0 Å². The van der Waals surface area contributed by atoms with Crippen molar-refractivity contribution in [1.29, 1.82) is 0 Å². The highest BCUT2D eigenvalue weighted by molar-refractivity contribution is 9.09. The van der Waals surface area contributed by atoms with Crippen molar-refractivity contribution in [3.8, 4) is 0 Å². The second-order valence-corrected chi connectivity index (χ2v) is 3.84. The van der Waals surface area contributed by atoms with E-state index in [1.54, 1.807) is 0 Å². The van der Waals surface area contributed by atoms with Crippen LogP contribution in [0.1, 0.15) is 12.8 Å². The fourth-order valence-electron chi connectivity index (χ4n) is 1.51. The predicted octanol–water partition coefficient (Wildman–Crippen LogP) is 1.09. The quantitative estimate of drug-likeness (QED) is 0.423. The zero-order valence-electron chi connectivity index (χ0n) is 4.84. The lowest BCUT2D eigenvalue weighted by Crippen LogP contribution is -2.23. The standard InChI is InChI=1S/C6H7BrO2/c7-4-1-3-2-5(4)9-6(3)8/h3-5H,1-2H2/t3-,4-,5?/m1/s1. The second kappa shape index (κ2) is 1.72. The Morgan fingerprint density at radius 3 is 2.67 bits per heavy atom. The lowest BCUT2D eigenvalue weighted by Gasteiger charge is -2.14. The number of halogens is 1. The fraction of sp³-hybridized carbons (Fsp3) is 0.833. The van der Waals surface area contributed by atoms with Crippen molar-refractivity contribution in [3.63, 3.8) is 0 Å². The largest absolute Gasteiger partial charge is 0.461 e. The highest BCUT2D eigenvalue weighted by Crippen LogP contribution is 2.39. The number of esters is 1. The van der Waals surface area contributed by atoms with Crippen LogP contribution in [-0.2, 0) is 9.53 Å². The number of carbonyl (C=O) groups is 1. The molecule has 2 nitrogen and oxygen atoms in total. The Kier molecular flexibility index (Phi) is 1.09. The maximum absolute atomic E-state index is 10.7. The number of ether oxygens (including phenoxy) is 1. The zero-order chi connectivity index (χ0) is 6.43. The molecule has 3 heteroatoms. The van der Waals surface area contributed by atoms with E-state index in [1.807, 2.05) is 0 Å². The van der Waals surface area contributed by atoms with Crippen LogP contribution < -0.4 is 0 Å². The normalized spacial score (nSPS) is 47.7. The number of carbonyl (C=O) groups excluding carboxylic acids is 1. The molecule has 2 fully saturated rings. The van der Waals surface area contributed by atoms with Crippen LogP contribution in [0.5, 0.6) is 0 Å². The van der Waals surface area contributed by atoms with Crippen molar-refractivity contribution < 1.29 is 9.53 Å². The Bertz CT molecular complexity index is 155. The van der Waals surface area contributed by atoms with E-state index in [0.29, 0.717) is 4.83 Å². The number of fused-ring (bicyclic) bond motifs is 2. The molecule has 3 atom stereocenters. The summed E-state index contributed by atoms with van der Waals surface area (Å²) in [5.74, 6) is 0.218. The topological polar surface area (TPSA) is 26.3 Å². The summed E-state index contributed by atoms with van der Waals surface area (Å²) in [6.45, 7) is 0. The first-order valence-electron chi connectivity index (χ1n) is 3.12. The summed E-state index contributed by atoms with van der Waals surface area (Å²) in [7, 11) is 0. The summed E-state index contributed by atoms with van der Waals surface area (Å²) >= 11 is 3.45. The molecule has 9 heavy (non-hydrogen) atoms. The van der Waals surface area contributed by atoms with E-state index < -0.39 is 0 Å². The fourth-order valence-corrected chi connectivity index (χ4v) is 2.28. The van der Waals surface area contributed by atoms with Crippen LogP contribution in [0, 0.1) is 5.92 Å². The number of rotatable bonds is 0. The van der Waals surface area contributed by atoms with Crippen LogP contribution in [0.25, 0.3) is 0 Å². The zero-order valence-corrected chi connectivity index (χ0v) is 6.43. The van der Waals surface area contributed by atoms with Gasteiger partial charge in [-0.3, -0.25) is 4.79 Å². The van der Waals surface area contributed by atoms with Gasteiger partial charge in [0.1, 0.15) is 6.10 Å². The van der Waals surface area contributed by atoms with Gasteiger partial charge in [0.15, 0.2) is 0 Å². The number of hydrogen-bond donors (Lipinski definition) is 0. The molecule has 1 unspecified atom stereocenters. The molecule has 0 N–H and O–H groups in total. The van der Waals surface area contributed by atoms with E-state index in [-0.39, 0.29) is 18.0 Å². The van der Waals surface area contributed by atoms with Crippen LogP contribution in [-0.4, -0.2) is 16.9 Å². The molecule has 0 amide bonds. The highest BCUT2D eigenvalue weighted by Gasteiger charge is 2.46. The average molecular weight is 191 g/mol. The number of hydrogen-bond acceptors (Lipinski definition) is 2. The van der Waals surface area contributed by atoms with Crippen LogP contribution >= 0.6 is 15.9 Å². The summed E-state index contributed by atoms with van der Waals surface area (Å²) in [6, 6.07) is 0. The molecule has 1 aliphatic heterocycles. The van der Waals surface area contributed by atoms with Gasteiger partial charge in [0.25, 0.3) is 0 Å². The van der Waals surface area contributed by atoms with Gasteiger partial charge in [0.05, 0.1) is 10.7 Å². The van der Waals surface area contributed by atoms with Gasteiger partial charge in [0.2, 0.25) is 0 Å². The van der Waals surface area contributed by atoms with Crippen molar-refractivity contribution in [2.24, 2.45) is 5.92 Å². The third-order valence-corrected chi connectivity index (χ3v) is 2.99. The van der Waals surface area contributed by atoms with Gasteiger partial charge in [-0.25, -0.2) is 0 Å². The molecule has 2 bridgehead atoms. The summed E-state index contributed by atoms with van der Waals surface area (Å²) in [6.07, 6.45) is 2.10. The summed E-state index contributed by atoms with van der Waals surface area (Å²) < 4.78 is 4.99. The van der Waals surface area contributed by atoms with E-state index in [4.69, 9.17) is 4.74 Å². The Balaban J connectivity index is 2.19. The molecule has 2 rings (SSSR count). The van der Waals surface area contributed by atoms with Crippen LogP contribution in [0.4, 0.5) is 0 Å². The Hall–Kier alpha value is -0.0500. The van der Waals surface area contributed by atoms with Crippen LogP contribution in [0.3, 0.4) is 0 Å². The summed E-state index contributed by atoms with van der Waals surface area (Å²) in [5, 5.41) is 0. The Labute approximate surface area is 61.7 Å². The first-order chi connectivity index (χ1) is 4.27. The Morgan fingerprint density at radius 2 is 2.33 bits per heavy atom. The van der Waals surface area contributed by atoms with Gasteiger partial charge >= 0.3 is 5.97 Å². The van der Waals surface area contributed by atoms with Crippen molar-refractivity contribution in [2.75, 3.05) is 0 Å².